The van der Waals surface area contributed by atoms with Crippen LogP contribution in [-0.4, -0.2) is 40.5 Å². The van der Waals surface area contributed by atoms with E-state index in [0.29, 0.717) is 31.2 Å². The molecule has 7 heteroatoms. The van der Waals surface area contributed by atoms with Crippen LogP contribution in [0.2, 0.25) is 0 Å². The fourth-order valence-corrected chi connectivity index (χ4v) is 3.54. The molecular weight excluding hydrogens is 374 g/mol. The quantitative estimate of drug-likeness (QED) is 0.439. The molecule has 2 aromatic heterocycles. The van der Waals surface area contributed by atoms with E-state index < -0.39 is 0 Å². The van der Waals surface area contributed by atoms with Crippen LogP contribution in [0.25, 0.3) is 21.5 Å². The summed E-state index contributed by atoms with van der Waals surface area (Å²) < 4.78 is 12.1. The highest BCUT2D eigenvalue weighted by molar-refractivity contribution is 7.13. The van der Waals surface area contributed by atoms with Gasteiger partial charge in [0.15, 0.2) is 5.82 Å². The number of nitrogens with zero attached hydrogens (tertiary/aromatic N) is 3. The summed E-state index contributed by atoms with van der Waals surface area (Å²) >= 11 is 1.49. The summed E-state index contributed by atoms with van der Waals surface area (Å²) in [5.74, 6) is 0.223. The van der Waals surface area contributed by atoms with E-state index in [0.717, 1.165) is 15.6 Å². The Morgan fingerprint density at radius 2 is 1.93 bits per heavy atom. The van der Waals surface area contributed by atoms with Gasteiger partial charge < -0.3 is 9.47 Å². The van der Waals surface area contributed by atoms with Gasteiger partial charge in [-0.2, -0.15) is 9.67 Å². The van der Waals surface area contributed by atoms with Crippen molar-refractivity contribution in [2.45, 2.75) is 6.92 Å². The van der Waals surface area contributed by atoms with Gasteiger partial charge in [-0.05, 0) is 41.3 Å². The fraction of sp³-hybridized carbons (Fsp3) is 0.190. The van der Waals surface area contributed by atoms with Gasteiger partial charge in [0.2, 0.25) is 0 Å². The Bertz CT molecular complexity index is 1090. The van der Waals surface area contributed by atoms with Gasteiger partial charge in [0, 0.05) is 12.2 Å². The topological polar surface area (TPSA) is 66.2 Å². The lowest BCUT2D eigenvalue weighted by molar-refractivity contribution is 0.0938. The van der Waals surface area contributed by atoms with E-state index in [1.165, 1.54) is 16.0 Å². The third-order valence-electron chi connectivity index (χ3n) is 4.18. The van der Waals surface area contributed by atoms with Gasteiger partial charge in [-0.25, -0.2) is 0 Å². The molecule has 0 aliphatic rings. The number of hydrogen-bond acceptors (Lipinski definition) is 6. The van der Waals surface area contributed by atoms with Gasteiger partial charge in [-0.15, -0.1) is 16.4 Å². The number of fused-ring (bicyclic) bond motifs is 1. The molecule has 0 N–H and O–H groups in total. The second-order valence-corrected chi connectivity index (χ2v) is 6.97. The van der Waals surface area contributed by atoms with Crippen molar-refractivity contribution in [3.05, 3.63) is 65.5 Å². The Morgan fingerprint density at radius 1 is 1.07 bits per heavy atom. The molecule has 0 saturated heterocycles. The molecular formula is C21H19N3O3S. The average Bonchev–Trinajstić information content (AvgIpc) is 3.40. The summed E-state index contributed by atoms with van der Waals surface area (Å²) in [4.78, 5) is 18.5. The molecule has 4 rings (SSSR count). The molecule has 0 amide bonds. The number of aromatic nitrogens is 3. The molecule has 0 spiro atoms. The Labute approximate surface area is 166 Å². The Kier molecular flexibility index (Phi) is 5.45. The van der Waals surface area contributed by atoms with Crippen LogP contribution in [0.3, 0.4) is 0 Å². The molecule has 142 valence electrons. The van der Waals surface area contributed by atoms with E-state index in [1.54, 1.807) is 6.07 Å². The molecule has 0 unspecified atom stereocenters. The number of hydrogen-bond donors (Lipinski definition) is 0. The Balaban J connectivity index is 1.67. The molecule has 0 aliphatic carbocycles. The first-order valence-corrected chi connectivity index (χ1v) is 9.89. The maximum atomic E-state index is 13.2. The molecule has 4 aromatic rings. The van der Waals surface area contributed by atoms with Gasteiger partial charge in [-0.1, -0.05) is 36.4 Å². The highest BCUT2D eigenvalue weighted by atomic mass is 32.1. The van der Waals surface area contributed by atoms with Gasteiger partial charge in [0.1, 0.15) is 6.61 Å². The first-order valence-electron chi connectivity index (χ1n) is 9.01. The summed E-state index contributed by atoms with van der Waals surface area (Å²) in [6, 6.07) is 17.5. The summed E-state index contributed by atoms with van der Waals surface area (Å²) in [7, 11) is 0. The smallest absolute Gasteiger partial charge is 0.336 e. The summed E-state index contributed by atoms with van der Waals surface area (Å²) in [6.07, 6.45) is 0. The standard InChI is InChI=1S/C21H19N3O3S/c1-2-26-11-12-27-21-22-19(18-8-5-13-28-18)24(23-21)20(25)17-10-9-15-6-3-4-7-16(15)14-17/h3-10,13-14H,2,11-12H2,1H3. The average molecular weight is 393 g/mol. The van der Waals surface area contributed by atoms with Crippen LogP contribution in [-0.2, 0) is 4.74 Å². The first-order chi connectivity index (χ1) is 13.8. The van der Waals surface area contributed by atoms with Crippen LogP contribution >= 0.6 is 11.3 Å². The van der Waals surface area contributed by atoms with Crippen molar-refractivity contribution in [1.29, 1.82) is 0 Å². The normalized spacial score (nSPS) is 11.0. The van der Waals surface area contributed by atoms with Crippen molar-refractivity contribution in [1.82, 2.24) is 14.8 Å². The number of thiophene rings is 1. The lowest BCUT2D eigenvalue weighted by Gasteiger charge is -2.05. The van der Waals surface area contributed by atoms with E-state index >= 15 is 0 Å². The number of carbonyl (C=O) groups is 1. The monoisotopic (exact) mass is 393 g/mol. The highest BCUT2D eigenvalue weighted by Gasteiger charge is 2.21. The van der Waals surface area contributed by atoms with E-state index in [1.807, 2.05) is 60.8 Å². The zero-order valence-electron chi connectivity index (χ0n) is 15.4. The van der Waals surface area contributed by atoms with Crippen molar-refractivity contribution in [3.63, 3.8) is 0 Å². The predicted octanol–water partition coefficient (Wildman–Crippen LogP) is 4.26. The van der Waals surface area contributed by atoms with Crippen LogP contribution in [0.4, 0.5) is 0 Å². The summed E-state index contributed by atoms with van der Waals surface area (Å²) in [5.41, 5.74) is 0.544. The molecule has 0 radical (unpaired) electrons. The zero-order valence-corrected chi connectivity index (χ0v) is 16.2. The minimum absolute atomic E-state index is 0.164. The second kappa shape index (κ2) is 8.33. The first kappa shape index (κ1) is 18.3. The van der Waals surface area contributed by atoms with Crippen LogP contribution in [0, 0.1) is 0 Å². The van der Waals surface area contributed by atoms with E-state index in [4.69, 9.17) is 9.47 Å². The number of benzene rings is 2. The predicted molar refractivity (Wildman–Crippen MR) is 109 cm³/mol. The number of rotatable bonds is 7. The van der Waals surface area contributed by atoms with Crippen molar-refractivity contribution < 1.29 is 14.3 Å². The SMILES string of the molecule is CCOCCOc1nc(-c2cccs2)n(C(=O)c2ccc3ccccc3c2)n1. The molecule has 6 nitrogen and oxygen atoms in total. The van der Waals surface area contributed by atoms with Gasteiger partial charge in [0.05, 0.1) is 11.5 Å². The molecule has 0 aliphatic heterocycles. The number of ether oxygens (including phenoxy) is 2. The largest absolute Gasteiger partial charge is 0.460 e. The molecule has 28 heavy (non-hydrogen) atoms. The van der Waals surface area contributed by atoms with E-state index in [2.05, 4.69) is 10.1 Å². The second-order valence-electron chi connectivity index (χ2n) is 6.02. The lowest BCUT2D eigenvalue weighted by atomic mass is 10.1. The summed E-state index contributed by atoms with van der Waals surface area (Å²) in [6.45, 7) is 3.31. The molecule has 0 saturated carbocycles. The Morgan fingerprint density at radius 3 is 2.71 bits per heavy atom. The highest BCUT2D eigenvalue weighted by Crippen LogP contribution is 2.26. The lowest BCUT2D eigenvalue weighted by Crippen LogP contribution is -2.15. The number of carbonyl (C=O) groups excluding carboxylic acids is 1. The molecule has 0 bridgehead atoms. The van der Waals surface area contributed by atoms with Crippen molar-refractivity contribution in [3.8, 4) is 16.7 Å². The molecule has 0 fully saturated rings. The van der Waals surface area contributed by atoms with Crippen LogP contribution < -0.4 is 4.74 Å². The van der Waals surface area contributed by atoms with Crippen molar-refractivity contribution in [2.75, 3.05) is 19.8 Å². The molecule has 2 heterocycles. The van der Waals surface area contributed by atoms with Gasteiger partial charge in [0.25, 0.3) is 5.91 Å². The molecule has 2 aromatic carbocycles. The Hall–Kier alpha value is -3.03. The molecule has 0 atom stereocenters. The third kappa shape index (κ3) is 3.81. The summed E-state index contributed by atoms with van der Waals surface area (Å²) in [5, 5.41) is 8.32. The zero-order chi connectivity index (χ0) is 19.3. The fourth-order valence-electron chi connectivity index (χ4n) is 2.84. The van der Waals surface area contributed by atoms with Crippen molar-refractivity contribution in [2.24, 2.45) is 0 Å². The van der Waals surface area contributed by atoms with Gasteiger partial charge in [-0.3, -0.25) is 4.79 Å². The van der Waals surface area contributed by atoms with Crippen molar-refractivity contribution >= 4 is 28.0 Å². The maximum Gasteiger partial charge on any atom is 0.336 e. The van der Waals surface area contributed by atoms with Crippen LogP contribution in [0.15, 0.2) is 60.0 Å². The maximum absolute atomic E-state index is 13.2. The third-order valence-corrected chi connectivity index (χ3v) is 5.05. The van der Waals surface area contributed by atoms with E-state index in [9.17, 15) is 4.79 Å². The minimum atomic E-state index is -0.249. The minimum Gasteiger partial charge on any atom is -0.460 e. The van der Waals surface area contributed by atoms with E-state index in [-0.39, 0.29) is 11.9 Å². The van der Waals surface area contributed by atoms with Gasteiger partial charge >= 0.3 is 6.01 Å². The van der Waals surface area contributed by atoms with Crippen LogP contribution in [0.5, 0.6) is 6.01 Å². The van der Waals surface area contributed by atoms with Crippen LogP contribution in [0.1, 0.15) is 17.3 Å².